The Morgan fingerprint density at radius 2 is 2.17 bits per heavy atom. The molecule has 0 spiro atoms. The van der Waals surface area contributed by atoms with Gasteiger partial charge in [0, 0.05) is 5.92 Å². The summed E-state index contributed by atoms with van der Waals surface area (Å²) in [5.41, 5.74) is 5.64. The Labute approximate surface area is 70.1 Å². The van der Waals surface area contributed by atoms with E-state index in [9.17, 15) is 0 Å². The van der Waals surface area contributed by atoms with Crippen molar-refractivity contribution in [2.75, 3.05) is 0 Å². The number of nitrogens with two attached hydrogens (primary N) is 1. The van der Waals surface area contributed by atoms with Crippen LogP contribution < -0.4 is 5.73 Å². The molecule has 1 aromatic rings. The first kappa shape index (κ1) is 6.60. The van der Waals surface area contributed by atoms with E-state index in [1.54, 1.807) is 0 Å². The molecule has 12 heavy (non-hydrogen) atoms. The molecule has 2 fully saturated rings. The molecule has 0 amide bonds. The average molecular weight is 165 g/mol. The maximum absolute atomic E-state index is 5.91. The van der Waals surface area contributed by atoms with Crippen molar-refractivity contribution in [3.8, 4) is 0 Å². The summed E-state index contributed by atoms with van der Waals surface area (Å²) in [6.07, 6.45) is 4.38. The van der Waals surface area contributed by atoms with Crippen LogP contribution in [0.4, 0.5) is 0 Å². The van der Waals surface area contributed by atoms with Crippen LogP contribution in [0.1, 0.15) is 43.3 Å². The van der Waals surface area contributed by atoms with E-state index >= 15 is 0 Å². The van der Waals surface area contributed by atoms with Gasteiger partial charge in [0.25, 0.3) is 0 Å². The molecule has 2 N–H and O–H groups in total. The molecule has 4 heteroatoms. The second kappa shape index (κ2) is 1.88. The molecule has 0 aliphatic heterocycles. The van der Waals surface area contributed by atoms with Crippen molar-refractivity contribution in [2.24, 2.45) is 5.73 Å². The molecule has 2 aliphatic carbocycles. The van der Waals surface area contributed by atoms with Gasteiger partial charge < -0.3 is 10.3 Å². The third kappa shape index (κ3) is 0.876. The van der Waals surface area contributed by atoms with E-state index in [-0.39, 0.29) is 5.54 Å². The van der Waals surface area contributed by atoms with E-state index in [1.807, 2.05) is 0 Å². The van der Waals surface area contributed by atoms with Gasteiger partial charge in [-0.05, 0) is 25.7 Å². The number of hydrogen-bond acceptors (Lipinski definition) is 4. The van der Waals surface area contributed by atoms with E-state index in [2.05, 4.69) is 10.1 Å². The van der Waals surface area contributed by atoms with Gasteiger partial charge in [0.1, 0.15) is 0 Å². The number of rotatable bonds is 2. The zero-order valence-corrected chi connectivity index (χ0v) is 6.79. The Kier molecular flexibility index (Phi) is 1.03. The van der Waals surface area contributed by atoms with Crippen LogP contribution in [0, 0.1) is 0 Å². The summed E-state index contributed by atoms with van der Waals surface area (Å²) < 4.78 is 5.11. The molecular weight excluding hydrogens is 154 g/mol. The number of nitrogens with zero attached hydrogens (tertiary/aromatic N) is 2. The number of hydrogen-bond donors (Lipinski definition) is 1. The first-order chi connectivity index (χ1) is 5.78. The molecule has 2 saturated carbocycles. The summed E-state index contributed by atoms with van der Waals surface area (Å²) in [4.78, 5) is 4.30. The molecule has 0 aromatic carbocycles. The largest absolute Gasteiger partial charge is 0.337 e. The topological polar surface area (TPSA) is 64.9 Å². The first-order valence-electron chi connectivity index (χ1n) is 4.41. The predicted octanol–water partition coefficient (Wildman–Crippen LogP) is 0.895. The third-order valence-electron chi connectivity index (χ3n) is 2.60. The highest BCUT2D eigenvalue weighted by molar-refractivity contribution is 5.14. The fourth-order valence-electron chi connectivity index (χ4n) is 1.29. The predicted molar refractivity (Wildman–Crippen MR) is 41.4 cm³/mol. The molecule has 0 radical (unpaired) electrons. The van der Waals surface area contributed by atoms with Crippen LogP contribution in [0.2, 0.25) is 0 Å². The summed E-state index contributed by atoms with van der Waals surface area (Å²) in [7, 11) is 0. The lowest BCUT2D eigenvalue weighted by Crippen LogP contribution is -2.19. The highest BCUT2D eigenvalue weighted by Gasteiger charge is 2.46. The van der Waals surface area contributed by atoms with E-state index in [0.717, 1.165) is 18.7 Å². The fraction of sp³-hybridized carbons (Fsp3) is 0.750. The van der Waals surface area contributed by atoms with Gasteiger partial charge >= 0.3 is 0 Å². The van der Waals surface area contributed by atoms with Gasteiger partial charge in [-0.3, -0.25) is 0 Å². The van der Waals surface area contributed by atoms with E-state index in [1.165, 1.54) is 12.8 Å². The summed E-state index contributed by atoms with van der Waals surface area (Å²) in [5.74, 6) is 2.07. The van der Waals surface area contributed by atoms with Crippen molar-refractivity contribution in [1.29, 1.82) is 0 Å². The Morgan fingerprint density at radius 1 is 1.42 bits per heavy atom. The van der Waals surface area contributed by atoms with Gasteiger partial charge in [0.05, 0.1) is 5.54 Å². The van der Waals surface area contributed by atoms with Crippen molar-refractivity contribution >= 4 is 0 Å². The van der Waals surface area contributed by atoms with Crippen LogP contribution >= 0.6 is 0 Å². The minimum absolute atomic E-state index is 0.264. The average Bonchev–Trinajstić information content (AvgIpc) is 2.97. The van der Waals surface area contributed by atoms with Gasteiger partial charge in [0.15, 0.2) is 5.82 Å². The Bertz CT molecular complexity index is 312. The van der Waals surface area contributed by atoms with Crippen LogP contribution in [0.3, 0.4) is 0 Å². The van der Waals surface area contributed by atoms with Crippen LogP contribution in [-0.4, -0.2) is 10.1 Å². The molecule has 64 valence electrons. The minimum atomic E-state index is -0.264. The zero-order valence-electron chi connectivity index (χ0n) is 6.79. The standard InChI is InChI=1S/C8H11N3O/c9-8(3-4-8)7-10-6(11-12-7)5-1-2-5/h5H,1-4,9H2. The molecule has 1 heterocycles. The molecule has 0 atom stereocenters. The second-order valence-electron chi connectivity index (χ2n) is 3.89. The molecule has 3 rings (SSSR count). The van der Waals surface area contributed by atoms with E-state index < -0.39 is 0 Å². The quantitative estimate of drug-likeness (QED) is 0.707. The van der Waals surface area contributed by atoms with Gasteiger partial charge in [-0.15, -0.1) is 0 Å². The SMILES string of the molecule is NC1(c2nc(C3CC3)no2)CC1. The van der Waals surface area contributed by atoms with Gasteiger partial charge in [-0.25, -0.2) is 0 Å². The van der Waals surface area contributed by atoms with Crippen molar-refractivity contribution in [2.45, 2.75) is 37.1 Å². The van der Waals surface area contributed by atoms with Crippen molar-refractivity contribution in [3.05, 3.63) is 11.7 Å². The molecule has 4 nitrogen and oxygen atoms in total. The lowest BCUT2D eigenvalue weighted by Gasteiger charge is -1.97. The lowest BCUT2D eigenvalue weighted by atomic mass is 10.3. The first-order valence-corrected chi connectivity index (χ1v) is 4.41. The van der Waals surface area contributed by atoms with E-state index in [4.69, 9.17) is 10.3 Å². The highest BCUT2D eigenvalue weighted by Crippen LogP contribution is 2.44. The molecule has 2 aliphatic rings. The molecule has 0 saturated heterocycles. The second-order valence-corrected chi connectivity index (χ2v) is 3.89. The van der Waals surface area contributed by atoms with Crippen LogP contribution in [0.25, 0.3) is 0 Å². The molecule has 1 aromatic heterocycles. The highest BCUT2D eigenvalue weighted by atomic mass is 16.5. The van der Waals surface area contributed by atoms with Gasteiger partial charge in [0.2, 0.25) is 5.89 Å². The van der Waals surface area contributed by atoms with Crippen molar-refractivity contribution < 1.29 is 4.52 Å². The molecule has 0 bridgehead atoms. The summed E-state index contributed by atoms with van der Waals surface area (Å²) >= 11 is 0. The van der Waals surface area contributed by atoms with E-state index in [0.29, 0.717) is 11.8 Å². The van der Waals surface area contributed by atoms with Crippen LogP contribution in [0.5, 0.6) is 0 Å². The van der Waals surface area contributed by atoms with Gasteiger partial charge in [-0.1, -0.05) is 5.16 Å². The van der Waals surface area contributed by atoms with Crippen molar-refractivity contribution in [1.82, 2.24) is 10.1 Å². The zero-order chi connectivity index (χ0) is 8.18. The summed E-state index contributed by atoms with van der Waals surface area (Å²) in [6.45, 7) is 0. The Balaban J connectivity index is 1.91. The number of aromatic nitrogens is 2. The Morgan fingerprint density at radius 3 is 2.75 bits per heavy atom. The normalized spacial score (nSPS) is 25.8. The van der Waals surface area contributed by atoms with Crippen LogP contribution in [0.15, 0.2) is 4.52 Å². The molecular formula is C8H11N3O. The summed E-state index contributed by atoms with van der Waals surface area (Å²) in [6, 6.07) is 0. The van der Waals surface area contributed by atoms with Crippen LogP contribution in [-0.2, 0) is 5.54 Å². The maximum Gasteiger partial charge on any atom is 0.246 e. The maximum atomic E-state index is 5.91. The monoisotopic (exact) mass is 165 g/mol. The molecule has 0 unspecified atom stereocenters. The Hall–Kier alpha value is -0.900. The summed E-state index contributed by atoms with van der Waals surface area (Å²) in [5, 5.41) is 3.92. The lowest BCUT2D eigenvalue weighted by molar-refractivity contribution is 0.344. The fourth-order valence-corrected chi connectivity index (χ4v) is 1.29. The smallest absolute Gasteiger partial charge is 0.246 e. The minimum Gasteiger partial charge on any atom is -0.337 e. The van der Waals surface area contributed by atoms with Gasteiger partial charge in [-0.2, -0.15) is 4.98 Å². The third-order valence-corrected chi connectivity index (χ3v) is 2.60. The van der Waals surface area contributed by atoms with Crippen molar-refractivity contribution in [3.63, 3.8) is 0 Å².